The van der Waals surface area contributed by atoms with Gasteiger partial charge in [-0.1, -0.05) is 34.1 Å². The summed E-state index contributed by atoms with van der Waals surface area (Å²) in [5.74, 6) is -1.12. The third kappa shape index (κ3) is 3.87. The molecular weight excluding hydrogens is 338 g/mol. The van der Waals surface area contributed by atoms with Crippen LogP contribution in [0.2, 0.25) is 0 Å². The molecule has 0 radical (unpaired) electrons. The van der Waals surface area contributed by atoms with Crippen LogP contribution in [-0.4, -0.2) is 18.5 Å². The Bertz CT molecular complexity index is 581. The van der Waals surface area contributed by atoms with Gasteiger partial charge in [-0.05, 0) is 36.9 Å². The van der Waals surface area contributed by atoms with E-state index >= 15 is 0 Å². The van der Waals surface area contributed by atoms with Gasteiger partial charge in [-0.15, -0.1) is 0 Å². The first-order chi connectivity index (χ1) is 10.0. The fourth-order valence-corrected chi connectivity index (χ4v) is 2.60. The van der Waals surface area contributed by atoms with Gasteiger partial charge in [-0.2, -0.15) is 0 Å². The number of nitrogens with zero attached hydrogens (tertiary/aromatic N) is 1. The fourth-order valence-electron chi connectivity index (χ4n) is 2.34. The molecule has 0 amide bonds. The summed E-state index contributed by atoms with van der Waals surface area (Å²) >= 11 is 3.38. The molecule has 2 nitrogen and oxygen atoms in total. The molecule has 0 saturated heterocycles. The van der Waals surface area contributed by atoms with Gasteiger partial charge in [0.25, 0.3) is 0 Å². The van der Waals surface area contributed by atoms with E-state index in [0.29, 0.717) is 6.54 Å². The second-order valence-electron chi connectivity index (χ2n) is 4.93. The molecular formula is C16H17BrF2N2. The van der Waals surface area contributed by atoms with Crippen LogP contribution >= 0.6 is 15.9 Å². The van der Waals surface area contributed by atoms with Crippen molar-refractivity contribution in [2.45, 2.75) is 12.6 Å². The maximum atomic E-state index is 13.9. The van der Waals surface area contributed by atoms with Gasteiger partial charge in [0.1, 0.15) is 11.6 Å². The van der Waals surface area contributed by atoms with E-state index < -0.39 is 17.7 Å². The highest BCUT2D eigenvalue weighted by Gasteiger charge is 2.22. The van der Waals surface area contributed by atoms with Crippen LogP contribution in [0.1, 0.15) is 17.2 Å². The smallest absolute Gasteiger partial charge is 0.130 e. The molecule has 0 bridgehead atoms. The van der Waals surface area contributed by atoms with Crippen LogP contribution in [0.15, 0.2) is 46.9 Å². The topological polar surface area (TPSA) is 29.3 Å². The van der Waals surface area contributed by atoms with Crippen molar-refractivity contribution in [3.8, 4) is 0 Å². The quantitative estimate of drug-likeness (QED) is 0.883. The molecule has 0 aliphatic heterocycles. The molecule has 0 aliphatic carbocycles. The van der Waals surface area contributed by atoms with Gasteiger partial charge < -0.3 is 5.73 Å². The summed E-state index contributed by atoms with van der Waals surface area (Å²) < 4.78 is 28.8. The molecule has 0 aromatic heterocycles. The second kappa shape index (κ2) is 7.11. The molecule has 0 saturated carbocycles. The molecule has 0 heterocycles. The summed E-state index contributed by atoms with van der Waals surface area (Å²) in [5.41, 5.74) is 6.82. The standard InChI is InChI=1S/C16H17BrF2N2/c1-21(10-11-5-7-12(17)8-6-11)15(9-20)16-13(18)3-2-4-14(16)19/h2-8,15H,9-10,20H2,1H3. The van der Waals surface area contributed by atoms with Crippen LogP contribution < -0.4 is 5.73 Å². The zero-order valence-corrected chi connectivity index (χ0v) is 13.3. The van der Waals surface area contributed by atoms with E-state index in [1.807, 2.05) is 36.2 Å². The monoisotopic (exact) mass is 354 g/mol. The van der Waals surface area contributed by atoms with E-state index in [1.165, 1.54) is 18.2 Å². The lowest BCUT2D eigenvalue weighted by Gasteiger charge is -2.28. The normalized spacial score (nSPS) is 12.7. The lowest BCUT2D eigenvalue weighted by molar-refractivity contribution is 0.231. The maximum absolute atomic E-state index is 13.9. The summed E-state index contributed by atoms with van der Waals surface area (Å²) in [6, 6.07) is 11.2. The van der Waals surface area contributed by atoms with Crippen molar-refractivity contribution in [3.63, 3.8) is 0 Å². The van der Waals surface area contributed by atoms with E-state index in [4.69, 9.17) is 5.73 Å². The Balaban J connectivity index is 2.22. The molecule has 2 aromatic rings. The van der Waals surface area contributed by atoms with E-state index in [2.05, 4.69) is 15.9 Å². The second-order valence-corrected chi connectivity index (χ2v) is 5.84. The molecule has 112 valence electrons. The van der Waals surface area contributed by atoms with Crippen LogP contribution in [0.5, 0.6) is 0 Å². The lowest BCUT2D eigenvalue weighted by atomic mass is 10.0. The Kier molecular flexibility index (Phi) is 5.45. The molecule has 0 aliphatic rings. The molecule has 0 spiro atoms. The molecule has 0 fully saturated rings. The first kappa shape index (κ1) is 16.1. The average Bonchev–Trinajstić information content (AvgIpc) is 2.45. The highest BCUT2D eigenvalue weighted by molar-refractivity contribution is 9.10. The molecule has 21 heavy (non-hydrogen) atoms. The number of hydrogen-bond acceptors (Lipinski definition) is 2. The molecule has 1 unspecified atom stereocenters. The zero-order valence-electron chi connectivity index (χ0n) is 11.7. The maximum Gasteiger partial charge on any atom is 0.130 e. The zero-order chi connectivity index (χ0) is 15.4. The number of benzene rings is 2. The Hall–Kier alpha value is -1.30. The van der Waals surface area contributed by atoms with Gasteiger partial charge >= 0.3 is 0 Å². The van der Waals surface area contributed by atoms with Gasteiger partial charge in [0, 0.05) is 23.1 Å². The van der Waals surface area contributed by atoms with Crippen molar-refractivity contribution in [2.75, 3.05) is 13.6 Å². The Morgan fingerprint density at radius 1 is 1.10 bits per heavy atom. The minimum Gasteiger partial charge on any atom is -0.329 e. The van der Waals surface area contributed by atoms with Crippen molar-refractivity contribution in [1.82, 2.24) is 4.90 Å². The van der Waals surface area contributed by atoms with Crippen molar-refractivity contribution < 1.29 is 8.78 Å². The third-order valence-corrected chi connectivity index (χ3v) is 3.96. The highest BCUT2D eigenvalue weighted by Crippen LogP contribution is 2.26. The minimum absolute atomic E-state index is 0.0274. The van der Waals surface area contributed by atoms with E-state index in [0.717, 1.165) is 10.0 Å². The molecule has 5 heteroatoms. The molecule has 2 N–H and O–H groups in total. The first-order valence-electron chi connectivity index (χ1n) is 6.61. The van der Waals surface area contributed by atoms with Crippen LogP contribution in [0.25, 0.3) is 0 Å². The Morgan fingerprint density at radius 3 is 2.19 bits per heavy atom. The van der Waals surface area contributed by atoms with Crippen LogP contribution in [0.4, 0.5) is 8.78 Å². The van der Waals surface area contributed by atoms with Crippen LogP contribution in [0, 0.1) is 11.6 Å². The summed E-state index contributed by atoms with van der Waals surface area (Å²) in [7, 11) is 1.81. The van der Waals surface area contributed by atoms with Gasteiger partial charge in [-0.3, -0.25) is 4.90 Å². The van der Waals surface area contributed by atoms with Crippen molar-refractivity contribution >= 4 is 15.9 Å². The Labute approximate surface area is 131 Å². The summed E-state index contributed by atoms with van der Waals surface area (Å²) in [6.45, 7) is 0.702. The number of hydrogen-bond donors (Lipinski definition) is 1. The van der Waals surface area contributed by atoms with E-state index in [1.54, 1.807) is 0 Å². The lowest BCUT2D eigenvalue weighted by Crippen LogP contribution is -2.31. The van der Waals surface area contributed by atoms with Crippen molar-refractivity contribution in [3.05, 3.63) is 69.7 Å². The number of rotatable bonds is 5. The molecule has 1 atom stereocenters. The SMILES string of the molecule is CN(Cc1ccc(Br)cc1)C(CN)c1c(F)cccc1F. The fraction of sp³-hybridized carbons (Fsp3) is 0.250. The van der Waals surface area contributed by atoms with Crippen molar-refractivity contribution in [2.24, 2.45) is 5.73 Å². The van der Waals surface area contributed by atoms with Crippen LogP contribution in [-0.2, 0) is 6.54 Å². The Morgan fingerprint density at radius 2 is 1.67 bits per heavy atom. The molecule has 2 rings (SSSR count). The van der Waals surface area contributed by atoms with Crippen LogP contribution in [0.3, 0.4) is 0 Å². The van der Waals surface area contributed by atoms with E-state index in [9.17, 15) is 8.78 Å². The number of likely N-dealkylation sites (N-methyl/N-ethyl adjacent to an activating group) is 1. The predicted octanol–water partition coefficient (Wildman–Crippen LogP) is 3.86. The first-order valence-corrected chi connectivity index (χ1v) is 7.41. The molecule has 2 aromatic carbocycles. The van der Waals surface area contributed by atoms with Gasteiger partial charge in [0.05, 0.1) is 6.04 Å². The highest BCUT2D eigenvalue weighted by atomic mass is 79.9. The number of halogens is 3. The summed E-state index contributed by atoms with van der Waals surface area (Å²) in [4.78, 5) is 1.85. The largest absolute Gasteiger partial charge is 0.329 e. The van der Waals surface area contributed by atoms with Gasteiger partial charge in [0.2, 0.25) is 0 Å². The van der Waals surface area contributed by atoms with Crippen molar-refractivity contribution in [1.29, 1.82) is 0 Å². The third-order valence-electron chi connectivity index (χ3n) is 3.43. The summed E-state index contributed by atoms with van der Waals surface area (Å²) in [6.07, 6.45) is 0. The number of nitrogens with two attached hydrogens (primary N) is 1. The van der Waals surface area contributed by atoms with E-state index in [-0.39, 0.29) is 12.1 Å². The minimum atomic E-state index is -0.562. The average molecular weight is 355 g/mol. The predicted molar refractivity (Wildman–Crippen MR) is 83.8 cm³/mol. The van der Waals surface area contributed by atoms with Gasteiger partial charge in [0.15, 0.2) is 0 Å². The summed E-state index contributed by atoms with van der Waals surface area (Å²) in [5, 5.41) is 0. The van der Waals surface area contributed by atoms with Gasteiger partial charge in [-0.25, -0.2) is 8.78 Å².